The van der Waals surface area contributed by atoms with Crippen LogP contribution < -0.4 is 0 Å². The first kappa shape index (κ1) is 58.0. The van der Waals surface area contributed by atoms with Crippen molar-refractivity contribution in [1.29, 1.82) is 0 Å². The molecule has 0 radical (unpaired) electrons. The summed E-state index contributed by atoms with van der Waals surface area (Å²) >= 11 is 0. The van der Waals surface area contributed by atoms with Crippen molar-refractivity contribution in [3.05, 3.63) is 158 Å². The summed E-state index contributed by atoms with van der Waals surface area (Å²) in [6.07, 6.45) is 72.4. The van der Waals surface area contributed by atoms with E-state index in [0.29, 0.717) is 19.3 Å². The average molecular weight is 865 g/mol. The maximum atomic E-state index is 12.8. The molecule has 63 heavy (non-hydrogen) atoms. The van der Waals surface area contributed by atoms with Crippen LogP contribution in [0.2, 0.25) is 0 Å². The maximum absolute atomic E-state index is 12.8. The van der Waals surface area contributed by atoms with Crippen LogP contribution in [0.3, 0.4) is 0 Å². The van der Waals surface area contributed by atoms with E-state index < -0.39 is 6.10 Å². The van der Waals surface area contributed by atoms with Gasteiger partial charge in [-0.05, 0) is 109 Å². The Kier molecular flexibility index (Phi) is 45.8. The normalized spacial score (nSPS) is 13.5. The predicted octanol–water partition coefficient (Wildman–Crippen LogP) is 15.9. The highest BCUT2D eigenvalue weighted by Gasteiger charge is 2.19. The Hall–Kier alpha value is -4.97. The first-order chi connectivity index (χ1) is 31.0. The first-order valence-electron chi connectivity index (χ1n) is 24.0. The van der Waals surface area contributed by atoms with Gasteiger partial charge >= 0.3 is 17.9 Å². The van der Waals surface area contributed by atoms with Gasteiger partial charge < -0.3 is 14.2 Å². The molecule has 0 amide bonds. The van der Waals surface area contributed by atoms with Crippen molar-refractivity contribution in [2.24, 2.45) is 0 Å². The van der Waals surface area contributed by atoms with E-state index in [-0.39, 0.29) is 50.4 Å². The van der Waals surface area contributed by atoms with Crippen LogP contribution in [-0.2, 0) is 28.6 Å². The van der Waals surface area contributed by atoms with Gasteiger partial charge in [-0.1, -0.05) is 192 Å². The van der Waals surface area contributed by atoms with E-state index in [1.54, 1.807) is 0 Å². The van der Waals surface area contributed by atoms with E-state index in [4.69, 9.17) is 14.2 Å². The highest BCUT2D eigenvalue weighted by atomic mass is 16.6. The van der Waals surface area contributed by atoms with Crippen LogP contribution in [0.25, 0.3) is 0 Å². The van der Waals surface area contributed by atoms with E-state index in [1.165, 1.54) is 0 Å². The zero-order valence-electron chi connectivity index (χ0n) is 39.5. The lowest BCUT2D eigenvalue weighted by Gasteiger charge is -2.18. The minimum absolute atomic E-state index is 0.143. The second-order valence-corrected chi connectivity index (χ2v) is 15.0. The van der Waals surface area contributed by atoms with Gasteiger partial charge in [-0.15, -0.1) is 0 Å². The van der Waals surface area contributed by atoms with Gasteiger partial charge in [0.1, 0.15) is 13.2 Å². The molecule has 0 N–H and O–H groups in total. The largest absolute Gasteiger partial charge is 0.462 e. The molecule has 0 bridgehead atoms. The number of carbonyl (C=O) groups is 3. The van der Waals surface area contributed by atoms with Crippen LogP contribution >= 0.6 is 0 Å². The number of hydrogen-bond acceptors (Lipinski definition) is 6. The molecule has 6 nitrogen and oxygen atoms in total. The highest BCUT2D eigenvalue weighted by molar-refractivity contribution is 5.71. The number of esters is 3. The van der Waals surface area contributed by atoms with Crippen molar-refractivity contribution in [2.45, 2.75) is 168 Å². The van der Waals surface area contributed by atoms with Crippen molar-refractivity contribution in [3.8, 4) is 0 Å². The van der Waals surface area contributed by atoms with Gasteiger partial charge in [0, 0.05) is 19.3 Å². The molecule has 0 spiro atoms. The Morgan fingerprint density at radius 1 is 0.333 bits per heavy atom. The minimum atomic E-state index is -0.848. The topological polar surface area (TPSA) is 78.9 Å². The van der Waals surface area contributed by atoms with Crippen LogP contribution in [0.5, 0.6) is 0 Å². The zero-order chi connectivity index (χ0) is 45.8. The standard InChI is InChI=1S/C57H84O6/c1-4-7-10-13-16-19-22-25-27-29-32-35-38-41-44-47-50-56(59)62-53-54(52-61-55(58)49-46-43-40-37-34-31-24-21-18-15-12-9-6-3)63-57(60)51-48-45-42-39-36-33-30-28-26-23-20-17-14-11-8-5-2/h7-12,15-21,24-28,31-36,41,44,54H,4-6,13-14,22-23,29-30,37-40,42-43,45-53H2,1-3H3/b10-7-,11-8-,12-9-,18-15-,19-16-,20-17-,24-21-,27-25-,28-26-,34-31-,35-32-,36-33-,44-41-. The van der Waals surface area contributed by atoms with Crippen LogP contribution in [0.4, 0.5) is 0 Å². The van der Waals surface area contributed by atoms with Crippen molar-refractivity contribution in [3.63, 3.8) is 0 Å². The molecule has 1 unspecified atom stereocenters. The van der Waals surface area contributed by atoms with Crippen LogP contribution in [-0.4, -0.2) is 37.2 Å². The molecule has 0 saturated heterocycles. The molecule has 0 rings (SSSR count). The summed E-state index contributed by atoms with van der Waals surface area (Å²) in [5, 5.41) is 0. The van der Waals surface area contributed by atoms with Gasteiger partial charge in [0.2, 0.25) is 0 Å². The van der Waals surface area contributed by atoms with Gasteiger partial charge in [0.15, 0.2) is 6.10 Å². The summed E-state index contributed by atoms with van der Waals surface area (Å²) in [5.74, 6) is -1.11. The lowest BCUT2D eigenvalue weighted by atomic mass is 10.1. The summed E-state index contributed by atoms with van der Waals surface area (Å²) in [4.78, 5) is 37.9. The van der Waals surface area contributed by atoms with Crippen molar-refractivity contribution in [2.75, 3.05) is 13.2 Å². The molecular formula is C57H84O6. The summed E-state index contributed by atoms with van der Waals surface area (Å²) in [5.41, 5.74) is 0. The SMILES string of the molecule is CC\C=C/C=C\C=C/C=C\CCCCCC(=O)OCC(COC(=O)CC/C=C\C/C=C\C/C=C\C/C=C\C/C=C\CC)OC(=O)CCCCC/C=C\C/C=C\C/C=C\C/C=C\CC. The van der Waals surface area contributed by atoms with Crippen molar-refractivity contribution < 1.29 is 28.6 Å². The third-order valence-corrected chi connectivity index (χ3v) is 9.12. The number of rotatable bonds is 40. The lowest BCUT2D eigenvalue weighted by Crippen LogP contribution is -2.30. The summed E-state index contributed by atoms with van der Waals surface area (Å²) < 4.78 is 16.6. The second kappa shape index (κ2) is 49.7. The fourth-order valence-electron chi connectivity index (χ4n) is 5.61. The summed E-state index contributed by atoms with van der Waals surface area (Å²) in [7, 11) is 0. The Balaban J connectivity index is 4.66. The molecule has 0 aromatic heterocycles. The second-order valence-electron chi connectivity index (χ2n) is 15.0. The third kappa shape index (κ3) is 47.9. The molecule has 0 fully saturated rings. The van der Waals surface area contributed by atoms with E-state index >= 15 is 0 Å². The van der Waals surface area contributed by atoms with E-state index in [2.05, 4.69) is 130 Å². The number of allylic oxidation sites excluding steroid dienone is 26. The molecular weight excluding hydrogens is 781 g/mol. The van der Waals surface area contributed by atoms with Crippen LogP contribution in [0.1, 0.15) is 162 Å². The van der Waals surface area contributed by atoms with Gasteiger partial charge in [-0.3, -0.25) is 14.4 Å². The molecule has 0 aliphatic heterocycles. The Labute approximate surface area is 384 Å². The monoisotopic (exact) mass is 865 g/mol. The van der Waals surface area contributed by atoms with Crippen molar-refractivity contribution >= 4 is 17.9 Å². The molecule has 0 saturated carbocycles. The van der Waals surface area contributed by atoms with Gasteiger partial charge in [-0.2, -0.15) is 0 Å². The summed E-state index contributed by atoms with van der Waals surface area (Å²) in [6.45, 7) is 6.10. The third-order valence-electron chi connectivity index (χ3n) is 9.12. The minimum Gasteiger partial charge on any atom is -0.462 e. The average Bonchev–Trinajstić information content (AvgIpc) is 3.28. The molecule has 0 aromatic carbocycles. The fourth-order valence-corrected chi connectivity index (χ4v) is 5.61. The summed E-state index contributed by atoms with van der Waals surface area (Å²) in [6, 6.07) is 0. The van der Waals surface area contributed by atoms with Crippen LogP contribution in [0.15, 0.2) is 158 Å². The predicted molar refractivity (Wildman–Crippen MR) is 269 cm³/mol. The van der Waals surface area contributed by atoms with Gasteiger partial charge in [0.25, 0.3) is 0 Å². The van der Waals surface area contributed by atoms with E-state index in [1.807, 2.05) is 48.6 Å². The van der Waals surface area contributed by atoms with Crippen LogP contribution in [0, 0.1) is 0 Å². The number of unbranched alkanes of at least 4 members (excludes halogenated alkanes) is 6. The molecule has 348 valence electrons. The Morgan fingerprint density at radius 3 is 1.14 bits per heavy atom. The van der Waals surface area contributed by atoms with Gasteiger partial charge in [0.05, 0.1) is 0 Å². The van der Waals surface area contributed by atoms with Crippen molar-refractivity contribution in [1.82, 2.24) is 0 Å². The number of hydrogen-bond donors (Lipinski definition) is 0. The lowest BCUT2D eigenvalue weighted by molar-refractivity contribution is -0.166. The zero-order valence-corrected chi connectivity index (χ0v) is 39.5. The molecule has 1 atom stereocenters. The quantitative estimate of drug-likeness (QED) is 0.0201. The number of ether oxygens (including phenoxy) is 3. The fraction of sp³-hybridized carbons (Fsp3) is 0.491. The highest BCUT2D eigenvalue weighted by Crippen LogP contribution is 2.10. The number of carbonyl (C=O) groups excluding carboxylic acids is 3. The van der Waals surface area contributed by atoms with E-state index in [0.717, 1.165) is 103 Å². The molecule has 0 aliphatic rings. The van der Waals surface area contributed by atoms with E-state index in [9.17, 15) is 14.4 Å². The Morgan fingerprint density at radius 2 is 0.683 bits per heavy atom. The van der Waals surface area contributed by atoms with Gasteiger partial charge in [-0.25, -0.2) is 0 Å². The molecule has 0 aromatic rings. The molecule has 0 aliphatic carbocycles. The Bertz CT molecular complexity index is 1510. The molecule has 0 heterocycles. The maximum Gasteiger partial charge on any atom is 0.306 e. The molecule has 6 heteroatoms. The smallest absolute Gasteiger partial charge is 0.306 e. The first-order valence-corrected chi connectivity index (χ1v) is 24.0.